The van der Waals surface area contributed by atoms with Gasteiger partial charge in [0.1, 0.15) is 0 Å². The third-order valence-corrected chi connectivity index (χ3v) is 8.53. The van der Waals surface area contributed by atoms with Gasteiger partial charge in [0.2, 0.25) is 0 Å². The van der Waals surface area contributed by atoms with Gasteiger partial charge in [0.05, 0.1) is 0 Å². The maximum Gasteiger partial charge on any atom is -0.00437 e. The van der Waals surface area contributed by atoms with E-state index in [9.17, 15) is 0 Å². The van der Waals surface area contributed by atoms with Gasteiger partial charge in [0, 0.05) is 0 Å². The van der Waals surface area contributed by atoms with Crippen molar-refractivity contribution in [3.8, 4) is 0 Å². The monoisotopic (exact) mass is 394 g/mol. The van der Waals surface area contributed by atoms with E-state index in [1.54, 1.807) is 14.7 Å². The van der Waals surface area contributed by atoms with Crippen LogP contribution in [0.5, 0.6) is 0 Å². The number of rotatable bonds is 0. The highest BCUT2D eigenvalue weighted by Crippen LogP contribution is 2.65. The number of allylic oxidation sites excluding steroid dienone is 5. The van der Waals surface area contributed by atoms with E-state index in [1.807, 2.05) is 0 Å². The van der Waals surface area contributed by atoms with Crippen LogP contribution >= 0.6 is 22.6 Å². The summed E-state index contributed by atoms with van der Waals surface area (Å²) in [5.41, 5.74) is 4.15. The van der Waals surface area contributed by atoms with Gasteiger partial charge in [-0.1, -0.05) is 32.1 Å². The molecule has 0 heterocycles. The minimum Gasteiger partial charge on any atom is -0.0993 e. The Bertz CT molecular complexity index is 554. The Hall–Kier alpha value is -0.0500. The highest BCUT2D eigenvalue weighted by Gasteiger charge is 2.56. The molecule has 0 bridgehead atoms. The molecule has 21 heavy (non-hydrogen) atoms. The van der Waals surface area contributed by atoms with E-state index in [0.717, 1.165) is 17.8 Å². The fourth-order valence-corrected chi connectivity index (χ4v) is 6.80. The first-order chi connectivity index (χ1) is 9.95. The van der Waals surface area contributed by atoms with Gasteiger partial charge in [-0.05, 0) is 111 Å². The number of hydrogen-bond acceptors (Lipinski definition) is 0. The topological polar surface area (TPSA) is 0 Å². The molecule has 5 unspecified atom stereocenters. The zero-order valence-electron chi connectivity index (χ0n) is 13.4. The third-order valence-electron chi connectivity index (χ3n) is 7.67. The first-order valence-electron chi connectivity index (χ1n) is 8.70. The molecule has 0 radical (unpaired) electrons. The molecule has 4 aliphatic rings. The minimum absolute atomic E-state index is 0.460. The smallest absolute Gasteiger partial charge is 0.00437 e. The molecule has 0 N–H and O–H groups in total. The van der Waals surface area contributed by atoms with Gasteiger partial charge in [-0.15, -0.1) is 0 Å². The van der Waals surface area contributed by atoms with Crippen molar-refractivity contribution in [2.75, 3.05) is 0 Å². The summed E-state index contributed by atoms with van der Waals surface area (Å²) in [5, 5.41) is 0. The van der Waals surface area contributed by atoms with Crippen molar-refractivity contribution in [2.45, 2.75) is 58.8 Å². The van der Waals surface area contributed by atoms with Crippen LogP contribution in [0, 0.1) is 28.6 Å². The summed E-state index contributed by atoms with van der Waals surface area (Å²) in [5.74, 6) is 2.74. The second-order valence-electron chi connectivity index (χ2n) is 8.38. The Morgan fingerprint density at radius 2 is 1.86 bits per heavy atom. The molecular formula is C20H27I. The van der Waals surface area contributed by atoms with E-state index in [0.29, 0.717) is 10.8 Å². The molecule has 5 atom stereocenters. The fraction of sp³-hybridized carbons (Fsp3) is 0.700. The lowest BCUT2D eigenvalue weighted by Crippen LogP contribution is -2.48. The van der Waals surface area contributed by atoms with Crippen LogP contribution in [0.3, 0.4) is 0 Å². The van der Waals surface area contributed by atoms with Crippen molar-refractivity contribution < 1.29 is 0 Å². The number of fused-ring (bicyclic) bond motifs is 5. The van der Waals surface area contributed by atoms with E-state index in [1.165, 1.54) is 44.9 Å². The maximum atomic E-state index is 4.43. The highest BCUT2D eigenvalue weighted by molar-refractivity contribution is 14.1. The third kappa shape index (κ3) is 1.91. The quantitative estimate of drug-likeness (QED) is 0.328. The zero-order valence-corrected chi connectivity index (χ0v) is 15.6. The van der Waals surface area contributed by atoms with Crippen molar-refractivity contribution in [1.82, 2.24) is 0 Å². The molecule has 2 saturated carbocycles. The second-order valence-corrected chi connectivity index (χ2v) is 9.76. The van der Waals surface area contributed by atoms with Crippen LogP contribution in [0.1, 0.15) is 58.8 Å². The summed E-state index contributed by atoms with van der Waals surface area (Å²) in [4.78, 5) is 0. The summed E-state index contributed by atoms with van der Waals surface area (Å²) in [7, 11) is 0. The Labute approximate surface area is 143 Å². The highest BCUT2D eigenvalue weighted by atomic mass is 127. The summed E-state index contributed by atoms with van der Waals surface area (Å²) in [6.07, 6.45) is 14.6. The van der Waals surface area contributed by atoms with E-state index in [4.69, 9.17) is 0 Å². The summed E-state index contributed by atoms with van der Waals surface area (Å²) < 4.78 is 1.56. The largest absolute Gasteiger partial charge is 0.0993 e. The average molecular weight is 394 g/mol. The molecule has 0 nitrogen and oxygen atoms in total. The van der Waals surface area contributed by atoms with Gasteiger partial charge in [0.25, 0.3) is 0 Å². The van der Waals surface area contributed by atoms with Gasteiger partial charge < -0.3 is 0 Å². The van der Waals surface area contributed by atoms with Crippen LogP contribution in [0.15, 0.2) is 33.5 Å². The van der Waals surface area contributed by atoms with Gasteiger partial charge in [-0.3, -0.25) is 0 Å². The van der Waals surface area contributed by atoms with Crippen LogP contribution in [0.4, 0.5) is 0 Å². The Kier molecular flexibility index (Phi) is 3.27. The normalized spacial score (nSPS) is 48.9. The molecule has 2 fully saturated rings. The molecule has 0 aromatic heterocycles. The molecule has 0 spiro atoms. The SMILES string of the molecule is C=C1CCC2C3CC=C4C=C(I)CCC4(C)C3CCC12C. The molecule has 4 rings (SSSR count). The summed E-state index contributed by atoms with van der Waals surface area (Å²) >= 11 is 2.54. The molecule has 0 aromatic rings. The van der Waals surface area contributed by atoms with Crippen LogP contribution in [-0.2, 0) is 0 Å². The van der Waals surface area contributed by atoms with Crippen molar-refractivity contribution >= 4 is 22.6 Å². The minimum atomic E-state index is 0.460. The first-order valence-corrected chi connectivity index (χ1v) is 9.78. The van der Waals surface area contributed by atoms with E-state index < -0.39 is 0 Å². The standard InChI is InChI=1S/C20H27I/c1-13-4-7-17-16-6-5-14-12-15(21)8-10-20(14,3)18(16)9-11-19(13,17)2/h5,12,16-18H,1,4,6-11H2,2-3H3. The zero-order chi connectivity index (χ0) is 14.8. The number of hydrogen-bond donors (Lipinski definition) is 0. The van der Waals surface area contributed by atoms with Crippen molar-refractivity contribution in [2.24, 2.45) is 28.6 Å². The second kappa shape index (κ2) is 4.72. The van der Waals surface area contributed by atoms with Gasteiger partial charge in [-0.25, -0.2) is 0 Å². The molecule has 1 heteroatoms. The summed E-state index contributed by atoms with van der Waals surface area (Å²) in [6.45, 7) is 9.52. The predicted molar refractivity (Wildman–Crippen MR) is 98.3 cm³/mol. The van der Waals surface area contributed by atoms with Gasteiger partial charge >= 0.3 is 0 Å². The Balaban J connectivity index is 1.73. The molecule has 0 aliphatic heterocycles. The first kappa shape index (κ1) is 14.5. The molecular weight excluding hydrogens is 367 g/mol. The van der Waals surface area contributed by atoms with E-state index in [2.05, 4.69) is 55.2 Å². The molecule has 0 saturated heterocycles. The van der Waals surface area contributed by atoms with E-state index in [-0.39, 0.29) is 0 Å². The average Bonchev–Trinajstić information content (AvgIpc) is 2.76. The lowest BCUT2D eigenvalue weighted by Gasteiger charge is -2.56. The van der Waals surface area contributed by atoms with Crippen molar-refractivity contribution in [1.29, 1.82) is 0 Å². The molecule has 0 aromatic carbocycles. The molecule has 4 aliphatic carbocycles. The van der Waals surface area contributed by atoms with Crippen LogP contribution in [-0.4, -0.2) is 0 Å². The van der Waals surface area contributed by atoms with Crippen LogP contribution in [0.2, 0.25) is 0 Å². The lowest BCUT2D eigenvalue weighted by atomic mass is 9.48. The Morgan fingerprint density at radius 1 is 1.10 bits per heavy atom. The van der Waals surface area contributed by atoms with E-state index >= 15 is 0 Å². The van der Waals surface area contributed by atoms with Crippen molar-refractivity contribution in [3.05, 3.63) is 33.5 Å². The van der Waals surface area contributed by atoms with Crippen molar-refractivity contribution in [3.63, 3.8) is 0 Å². The molecule has 114 valence electrons. The Morgan fingerprint density at radius 3 is 2.67 bits per heavy atom. The fourth-order valence-electron chi connectivity index (χ4n) is 6.20. The van der Waals surface area contributed by atoms with Crippen LogP contribution < -0.4 is 0 Å². The van der Waals surface area contributed by atoms with Gasteiger partial charge in [0.15, 0.2) is 0 Å². The number of halogens is 1. The maximum absolute atomic E-state index is 4.43. The molecule has 0 amide bonds. The van der Waals surface area contributed by atoms with Gasteiger partial charge in [-0.2, -0.15) is 0 Å². The lowest BCUT2D eigenvalue weighted by molar-refractivity contribution is -0.00567. The predicted octanol–water partition coefficient (Wildman–Crippen LogP) is 6.43. The van der Waals surface area contributed by atoms with Crippen LogP contribution in [0.25, 0.3) is 0 Å². The summed E-state index contributed by atoms with van der Waals surface area (Å²) in [6, 6.07) is 0.